The molecule has 0 radical (unpaired) electrons. The third-order valence-corrected chi connectivity index (χ3v) is 8.07. The predicted molar refractivity (Wildman–Crippen MR) is 136 cm³/mol. The molecule has 0 saturated carbocycles. The number of piperidine rings is 1. The minimum atomic E-state index is -0.458. The molecule has 5 rings (SSSR count). The maximum Gasteiger partial charge on any atom is 0.123 e. The minimum Gasteiger partial charge on any atom is -0.303 e. The molecule has 33 heavy (non-hydrogen) atoms. The normalized spacial score (nSPS) is 19.3. The molecule has 2 nitrogen and oxygen atoms in total. The van der Waals surface area contributed by atoms with E-state index in [1.54, 1.807) is 0 Å². The van der Waals surface area contributed by atoms with Crippen LogP contribution in [-0.4, -0.2) is 17.7 Å². The number of hydrogen-bond donors (Lipinski definition) is 0. The molecule has 2 unspecified atom stereocenters. The molecule has 4 aromatic rings. The lowest BCUT2D eigenvalue weighted by molar-refractivity contribution is -0.113. The van der Waals surface area contributed by atoms with Crippen LogP contribution in [0.5, 0.6) is 0 Å². The van der Waals surface area contributed by atoms with Crippen molar-refractivity contribution in [3.63, 3.8) is 0 Å². The van der Waals surface area contributed by atoms with Gasteiger partial charge in [-0.1, -0.05) is 91.0 Å². The molecule has 3 heteroatoms. The van der Waals surface area contributed by atoms with Gasteiger partial charge in [0.25, 0.3) is 0 Å². The first-order valence-electron chi connectivity index (χ1n) is 11.7. The second kappa shape index (κ2) is 9.46. The van der Waals surface area contributed by atoms with Gasteiger partial charge in [-0.05, 0) is 53.5 Å². The zero-order valence-electron chi connectivity index (χ0n) is 18.9. The van der Waals surface area contributed by atoms with Crippen molar-refractivity contribution in [2.75, 3.05) is 6.54 Å². The second-order valence-electron chi connectivity index (χ2n) is 8.96. The summed E-state index contributed by atoms with van der Waals surface area (Å²) in [5.41, 5.74) is 4.59. The van der Waals surface area contributed by atoms with Crippen LogP contribution >= 0.6 is 11.3 Å². The fourth-order valence-electron chi connectivity index (χ4n) is 5.45. The number of carbonyl (C=O) groups is 1. The smallest absolute Gasteiger partial charge is 0.123 e. The summed E-state index contributed by atoms with van der Waals surface area (Å²) in [7, 11) is 0. The van der Waals surface area contributed by atoms with Gasteiger partial charge in [0.15, 0.2) is 0 Å². The first-order chi connectivity index (χ1) is 16.2. The third-order valence-electron chi connectivity index (χ3n) is 6.92. The van der Waals surface area contributed by atoms with E-state index in [1.807, 2.05) is 11.3 Å². The number of nitrogens with zero attached hydrogens (tertiary/aromatic N) is 1. The van der Waals surface area contributed by atoms with Gasteiger partial charge < -0.3 is 4.79 Å². The Bertz CT molecular complexity index is 1090. The van der Waals surface area contributed by atoms with Crippen molar-refractivity contribution >= 4 is 17.6 Å². The minimum absolute atomic E-state index is 0.0914. The van der Waals surface area contributed by atoms with Crippen LogP contribution in [0.15, 0.2) is 102 Å². The maximum absolute atomic E-state index is 11.9. The quantitative estimate of drug-likeness (QED) is 0.232. The van der Waals surface area contributed by atoms with Gasteiger partial charge >= 0.3 is 0 Å². The van der Waals surface area contributed by atoms with Gasteiger partial charge in [-0.3, -0.25) is 4.90 Å². The molecule has 3 aromatic carbocycles. The van der Waals surface area contributed by atoms with E-state index in [0.717, 1.165) is 19.4 Å². The number of likely N-dealkylation sites (tertiary alicyclic amines) is 1. The highest BCUT2D eigenvalue weighted by atomic mass is 32.1. The number of hydrogen-bond acceptors (Lipinski definition) is 3. The Morgan fingerprint density at radius 3 is 1.79 bits per heavy atom. The summed E-state index contributed by atoms with van der Waals surface area (Å²) in [6.45, 7) is 3.01. The topological polar surface area (TPSA) is 20.3 Å². The van der Waals surface area contributed by atoms with E-state index in [4.69, 9.17) is 0 Å². The fourth-order valence-corrected chi connectivity index (χ4v) is 6.48. The number of thiophene rings is 1. The lowest BCUT2D eigenvalue weighted by atomic mass is 9.73. The predicted octanol–water partition coefficient (Wildman–Crippen LogP) is 7.00. The molecule has 1 fully saturated rings. The van der Waals surface area contributed by atoms with E-state index < -0.39 is 5.54 Å². The molecule has 0 bridgehead atoms. The van der Waals surface area contributed by atoms with E-state index in [-0.39, 0.29) is 12.0 Å². The summed E-state index contributed by atoms with van der Waals surface area (Å²) in [5.74, 6) is 0.0914. The lowest BCUT2D eigenvalue weighted by Gasteiger charge is -2.52. The van der Waals surface area contributed by atoms with Gasteiger partial charge in [0.05, 0.1) is 5.54 Å². The van der Waals surface area contributed by atoms with Crippen LogP contribution in [0.1, 0.15) is 46.0 Å². The molecule has 1 aliphatic rings. The van der Waals surface area contributed by atoms with Crippen LogP contribution in [0.3, 0.4) is 0 Å². The molecule has 2 heterocycles. The van der Waals surface area contributed by atoms with Crippen LogP contribution in [0.2, 0.25) is 0 Å². The van der Waals surface area contributed by atoms with Gasteiger partial charge in [0, 0.05) is 23.4 Å². The van der Waals surface area contributed by atoms with Crippen molar-refractivity contribution in [2.24, 2.45) is 5.92 Å². The van der Waals surface area contributed by atoms with E-state index in [2.05, 4.69) is 114 Å². The Hall–Kier alpha value is -3.01. The van der Waals surface area contributed by atoms with Gasteiger partial charge in [-0.2, -0.15) is 0 Å². The molecule has 1 saturated heterocycles. The highest BCUT2D eigenvalue weighted by molar-refractivity contribution is 7.10. The van der Waals surface area contributed by atoms with E-state index in [9.17, 15) is 4.79 Å². The number of aldehydes is 1. The summed E-state index contributed by atoms with van der Waals surface area (Å²) in [5, 5.41) is 2.23. The van der Waals surface area contributed by atoms with Gasteiger partial charge in [-0.25, -0.2) is 0 Å². The SMILES string of the molecule is Cc1csc(C2CC(C=O)CCN2C(c2ccccc2)(c2ccccc2)c2ccccc2)c1. The Morgan fingerprint density at radius 1 is 0.848 bits per heavy atom. The third kappa shape index (κ3) is 3.96. The Morgan fingerprint density at radius 2 is 1.36 bits per heavy atom. The molecule has 0 aliphatic carbocycles. The molecule has 0 amide bonds. The second-order valence-corrected chi connectivity index (χ2v) is 9.91. The van der Waals surface area contributed by atoms with E-state index in [1.165, 1.54) is 33.4 Å². The van der Waals surface area contributed by atoms with Crippen molar-refractivity contribution in [3.05, 3.63) is 130 Å². The number of rotatable bonds is 6. The molecule has 1 aromatic heterocycles. The average Bonchev–Trinajstić information content (AvgIpc) is 3.33. The maximum atomic E-state index is 11.9. The van der Waals surface area contributed by atoms with Crippen LogP contribution in [0.4, 0.5) is 0 Å². The molecule has 1 aliphatic heterocycles. The van der Waals surface area contributed by atoms with Crippen molar-refractivity contribution < 1.29 is 4.79 Å². The molecular weight excluding hydrogens is 422 g/mol. The average molecular weight is 452 g/mol. The summed E-state index contributed by atoms with van der Waals surface area (Å²) >= 11 is 1.82. The number of carbonyl (C=O) groups excluding carboxylic acids is 1. The van der Waals surface area contributed by atoms with Gasteiger partial charge in [0.2, 0.25) is 0 Å². The van der Waals surface area contributed by atoms with E-state index >= 15 is 0 Å². The summed E-state index contributed by atoms with van der Waals surface area (Å²) in [6, 6.07) is 35.1. The van der Waals surface area contributed by atoms with Crippen LogP contribution in [0, 0.1) is 12.8 Å². The van der Waals surface area contributed by atoms with Crippen molar-refractivity contribution in [1.82, 2.24) is 4.90 Å². The van der Waals surface area contributed by atoms with E-state index in [0.29, 0.717) is 0 Å². The first-order valence-corrected chi connectivity index (χ1v) is 12.5. The fraction of sp³-hybridized carbons (Fsp3) is 0.233. The molecular formula is C30H29NOS. The molecule has 2 atom stereocenters. The van der Waals surface area contributed by atoms with Crippen molar-refractivity contribution in [3.8, 4) is 0 Å². The highest BCUT2D eigenvalue weighted by Gasteiger charge is 2.47. The van der Waals surface area contributed by atoms with Crippen molar-refractivity contribution in [2.45, 2.75) is 31.3 Å². The van der Waals surface area contributed by atoms with Crippen LogP contribution in [-0.2, 0) is 10.3 Å². The monoisotopic (exact) mass is 451 g/mol. The zero-order chi connectivity index (χ0) is 22.7. The summed E-state index contributed by atoms with van der Waals surface area (Å²) in [4.78, 5) is 15.9. The van der Waals surface area contributed by atoms with Gasteiger partial charge in [0.1, 0.15) is 6.29 Å². The molecule has 166 valence electrons. The van der Waals surface area contributed by atoms with Gasteiger partial charge in [-0.15, -0.1) is 11.3 Å². The largest absolute Gasteiger partial charge is 0.303 e. The van der Waals surface area contributed by atoms with Crippen molar-refractivity contribution in [1.29, 1.82) is 0 Å². The Kier molecular flexibility index (Phi) is 6.26. The lowest BCUT2D eigenvalue weighted by Crippen LogP contribution is -2.52. The molecule has 0 spiro atoms. The standard InChI is InChI=1S/C30H29NOS/c1-23-19-29(33-22-23)28-20-24(21-32)17-18-31(28)30(25-11-5-2-6-12-25,26-13-7-3-8-14-26)27-15-9-4-10-16-27/h2-16,19,21-22,24,28H,17-18,20H2,1H3. The number of benzene rings is 3. The molecule has 0 N–H and O–H groups in total. The van der Waals surface area contributed by atoms with Crippen LogP contribution in [0.25, 0.3) is 0 Å². The summed E-state index contributed by atoms with van der Waals surface area (Å²) in [6.07, 6.45) is 2.89. The highest BCUT2D eigenvalue weighted by Crippen LogP contribution is 2.50. The number of aryl methyl sites for hydroxylation is 1. The first kappa shape index (κ1) is 21.8. The summed E-state index contributed by atoms with van der Waals surface area (Å²) < 4.78 is 0. The Balaban J connectivity index is 1.80. The van der Waals surface area contributed by atoms with Crippen LogP contribution < -0.4 is 0 Å². The zero-order valence-corrected chi connectivity index (χ0v) is 19.7. The Labute approximate surface area is 200 Å².